The summed E-state index contributed by atoms with van der Waals surface area (Å²) in [5, 5.41) is 7.59. The molecule has 1 N–H and O–H groups in total. The normalized spacial score (nSPS) is 15.4. The average Bonchev–Trinajstić information content (AvgIpc) is 2.89. The van der Waals surface area contributed by atoms with Crippen molar-refractivity contribution >= 4 is 5.82 Å². The number of hydrogen-bond donors (Lipinski definition) is 1. The first kappa shape index (κ1) is 15.9. The highest BCUT2D eigenvalue weighted by molar-refractivity contribution is 5.32. The maximum atomic E-state index is 12.6. The van der Waals surface area contributed by atoms with E-state index in [-0.39, 0.29) is 0 Å². The highest BCUT2D eigenvalue weighted by Crippen LogP contribution is 2.29. The van der Waals surface area contributed by atoms with Crippen molar-refractivity contribution in [3.05, 3.63) is 47.7 Å². The molecule has 1 fully saturated rings. The number of nitrogens with one attached hydrogen (secondary N) is 1. The topological polar surface area (TPSA) is 39.1 Å². The smallest absolute Gasteiger partial charge is 0.377 e. The van der Waals surface area contributed by atoms with Crippen LogP contribution in [0.5, 0.6) is 0 Å². The van der Waals surface area contributed by atoms with E-state index < -0.39 is 11.7 Å². The van der Waals surface area contributed by atoms with Crippen molar-refractivity contribution < 1.29 is 17.9 Å². The number of halogens is 3. The Balaban J connectivity index is 1.45. The molecule has 1 saturated heterocycles. The third-order valence-electron chi connectivity index (χ3n) is 3.81. The van der Waals surface area contributed by atoms with Gasteiger partial charge in [-0.25, -0.2) is 0 Å². The molecular formula is C16H18F3N3O. The maximum absolute atomic E-state index is 12.6. The maximum Gasteiger partial charge on any atom is 0.416 e. The average molecular weight is 325 g/mol. The number of alkyl halides is 3. The molecule has 0 aliphatic carbocycles. The van der Waals surface area contributed by atoms with Crippen molar-refractivity contribution in [1.82, 2.24) is 9.78 Å². The number of rotatable bonds is 6. The molecule has 4 nitrogen and oxygen atoms in total. The molecule has 0 bridgehead atoms. The van der Waals surface area contributed by atoms with E-state index in [1.165, 1.54) is 12.1 Å². The van der Waals surface area contributed by atoms with Crippen LogP contribution in [0.15, 0.2) is 36.5 Å². The zero-order chi connectivity index (χ0) is 16.3. The van der Waals surface area contributed by atoms with Crippen molar-refractivity contribution in [1.29, 1.82) is 0 Å². The van der Waals surface area contributed by atoms with Gasteiger partial charge in [0.15, 0.2) is 0 Å². The Hall–Kier alpha value is -2.02. The van der Waals surface area contributed by atoms with Crippen LogP contribution in [0.2, 0.25) is 0 Å². The summed E-state index contributed by atoms with van der Waals surface area (Å²) in [5.74, 6) is 0.779. The van der Waals surface area contributed by atoms with Crippen LogP contribution in [0.3, 0.4) is 0 Å². The summed E-state index contributed by atoms with van der Waals surface area (Å²) in [5.41, 5.74) is 0.100. The van der Waals surface area contributed by atoms with E-state index >= 15 is 0 Å². The zero-order valence-electron chi connectivity index (χ0n) is 12.5. The molecule has 0 spiro atoms. The number of anilines is 1. The Bertz CT molecular complexity index is 650. The fourth-order valence-electron chi connectivity index (χ4n) is 2.42. The summed E-state index contributed by atoms with van der Waals surface area (Å²) in [6, 6.07) is 7.69. The van der Waals surface area contributed by atoms with E-state index in [1.807, 2.05) is 16.9 Å². The van der Waals surface area contributed by atoms with E-state index in [0.29, 0.717) is 37.8 Å². The molecule has 2 heterocycles. The van der Waals surface area contributed by atoms with Crippen molar-refractivity contribution in [2.24, 2.45) is 0 Å². The third kappa shape index (κ3) is 4.04. The van der Waals surface area contributed by atoms with Crippen LogP contribution < -0.4 is 5.32 Å². The first-order valence-corrected chi connectivity index (χ1v) is 7.55. The van der Waals surface area contributed by atoms with E-state index in [4.69, 9.17) is 4.74 Å². The van der Waals surface area contributed by atoms with Crippen LogP contribution in [-0.4, -0.2) is 29.5 Å². The molecule has 0 amide bonds. The van der Waals surface area contributed by atoms with Gasteiger partial charge in [-0.1, -0.05) is 18.2 Å². The van der Waals surface area contributed by atoms with Crippen molar-refractivity contribution in [2.75, 3.05) is 25.1 Å². The number of benzene rings is 1. The molecule has 7 heteroatoms. The summed E-state index contributed by atoms with van der Waals surface area (Å²) in [6.45, 7) is 2.04. The number of aromatic nitrogens is 2. The van der Waals surface area contributed by atoms with Gasteiger partial charge in [-0.15, -0.1) is 0 Å². The van der Waals surface area contributed by atoms with Crippen molar-refractivity contribution in [2.45, 2.75) is 25.1 Å². The van der Waals surface area contributed by atoms with Crippen LogP contribution in [0.1, 0.15) is 23.6 Å². The Morgan fingerprint density at radius 3 is 2.78 bits per heavy atom. The first-order valence-electron chi connectivity index (χ1n) is 7.55. The lowest BCUT2D eigenvalue weighted by atomic mass is 10.1. The molecule has 3 rings (SSSR count). The highest BCUT2D eigenvalue weighted by Gasteiger charge is 2.30. The quantitative estimate of drug-likeness (QED) is 0.826. The summed E-state index contributed by atoms with van der Waals surface area (Å²) < 4.78 is 44.9. The first-order chi connectivity index (χ1) is 11.0. The molecular weight excluding hydrogens is 307 g/mol. The fraction of sp³-hybridized carbons (Fsp3) is 0.438. The Morgan fingerprint density at radius 2 is 2.09 bits per heavy atom. The molecule has 1 aliphatic heterocycles. The number of aryl methyl sites for hydroxylation is 1. The summed E-state index contributed by atoms with van der Waals surface area (Å²) >= 11 is 0. The van der Waals surface area contributed by atoms with Crippen LogP contribution in [-0.2, 0) is 17.3 Å². The Labute approximate surface area is 132 Å². The second kappa shape index (κ2) is 6.62. The monoisotopic (exact) mass is 325 g/mol. The molecule has 0 saturated carbocycles. The molecule has 0 atom stereocenters. The van der Waals surface area contributed by atoms with E-state index in [2.05, 4.69) is 10.4 Å². The summed E-state index contributed by atoms with van der Waals surface area (Å²) in [7, 11) is 0. The van der Waals surface area contributed by atoms with Crippen LogP contribution in [0.4, 0.5) is 19.0 Å². The van der Waals surface area contributed by atoms with Gasteiger partial charge in [0.1, 0.15) is 5.82 Å². The van der Waals surface area contributed by atoms with Gasteiger partial charge in [0.2, 0.25) is 0 Å². The van der Waals surface area contributed by atoms with Gasteiger partial charge < -0.3 is 10.1 Å². The largest absolute Gasteiger partial charge is 0.416 e. The second-order valence-corrected chi connectivity index (χ2v) is 5.60. The Morgan fingerprint density at radius 1 is 1.26 bits per heavy atom. The van der Waals surface area contributed by atoms with Gasteiger partial charge in [0.05, 0.1) is 24.8 Å². The molecule has 2 aromatic rings. The molecule has 1 aromatic heterocycles. The van der Waals surface area contributed by atoms with E-state index in [1.54, 1.807) is 6.07 Å². The number of hydrogen-bond acceptors (Lipinski definition) is 3. The molecule has 0 unspecified atom stereocenters. The predicted octanol–water partition coefficient (Wildman–Crippen LogP) is 3.52. The minimum absolute atomic E-state index is 0.315. The lowest BCUT2D eigenvalue weighted by molar-refractivity contribution is -0.137. The lowest BCUT2D eigenvalue weighted by Gasteiger charge is -2.25. The van der Waals surface area contributed by atoms with Gasteiger partial charge in [-0.2, -0.15) is 18.3 Å². The summed E-state index contributed by atoms with van der Waals surface area (Å²) in [4.78, 5) is 0. The van der Waals surface area contributed by atoms with Gasteiger partial charge in [0, 0.05) is 18.8 Å². The minimum Gasteiger partial charge on any atom is -0.377 e. The fourth-order valence-corrected chi connectivity index (χ4v) is 2.42. The van der Waals surface area contributed by atoms with Gasteiger partial charge in [-0.3, -0.25) is 4.68 Å². The van der Waals surface area contributed by atoms with Gasteiger partial charge >= 0.3 is 6.18 Å². The summed E-state index contributed by atoms with van der Waals surface area (Å²) in [6.07, 6.45) is -1.05. The Kier molecular flexibility index (Phi) is 4.56. The SMILES string of the molecule is FC(F)(F)c1cccc(CCCNc2ccn(C3COC3)n2)c1. The molecule has 23 heavy (non-hydrogen) atoms. The van der Waals surface area contributed by atoms with Crippen LogP contribution in [0, 0.1) is 0 Å². The van der Waals surface area contributed by atoms with Gasteiger partial charge in [-0.05, 0) is 24.5 Å². The molecule has 1 aliphatic rings. The molecule has 1 aromatic carbocycles. The standard InChI is InChI=1S/C16H18F3N3O/c17-16(18,19)13-5-1-3-12(9-13)4-2-7-20-15-6-8-22(21-15)14-10-23-11-14/h1,3,5-6,8-9,14H,2,4,7,10-11H2,(H,20,21). The molecule has 124 valence electrons. The lowest BCUT2D eigenvalue weighted by Crippen LogP contribution is -2.30. The van der Waals surface area contributed by atoms with Crippen LogP contribution in [0.25, 0.3) is 0 Å². The molecule has 0 radical (unpaired) electrons. The number of nitrogens with zero attached hydrogens (tertiary/aromatic N) is 2. The third-order valence-corrected chi connectivity index (χ3v) is 3.81. The van der Waals surface area contributed by atoms with Crippen LogP contribution >= 0.6 is 0 Å². The van der Waals surface area contributed by atoms with E-state index in [0.717, 1.165) is 18.3 Å². The number of ether oxygens (including phenoxy) is 1. The second-order valence-electron chi connectivity index (χ2n) is 5.60. The van der Waals surface area contributed by atoms with Crippen molar-refractivity contribution in [3.63, 3.8) is 0 Å². The predicted molar refractivity (Wildman–Crippen MR) is 80.3 cm³/mol. The van der Waals surface area contributed by atoms with E-state index in [9.17, 15) is 13.2 Å². The highest BCUT2D eigenvalue weighted by atomic mass is 19.4. The zero-order valence-corrected chi connectivity index (χ0v) is 12.5. The minimum atomic E-state index is -4.29. The van der Waals surface area contributed by atoms with Crippen molar-refractivity contribution in [3.8, 4) is 0 Å². The van der Waals surface area contributed by atoms with Gasteiger partial charge in [0.25, 0.3) is 0 Å².